The number of rotatable bonds is 2. The Kier molecular flexibility index (Phi) is 4.20. The summed E-state index contributed by atoms with van der Waals surface area (Å²) in [6, 6.07) is 5.23. The molecule has 0 fully saturated rings. The van der Waals surface area contributed by atoms with Crippen molar-refractivity contribution in [3.8, 4) is 11.8 Å². The highest BCUT2D eigenvalue weighted by Crippen LogP contribution is 2.32. The maximum Gasteiger partial charge on any atom is 0.276 e. The van der Waals surface area contributed by atoms with Crippen LogP contribution < -0.4 is 14.8 Å². The molecule has 0 aliphatic carbocycles. The molecule has 10 heteroatoms. The summed E-state index contributed by atoms with van der Waals surface area (Å²) in [5.41, 5.74) is -0.0100. The molecular weight excluding hydrogens is 351 g/mol. The van der Waals surface area contributed by atoms with Crippen molar-refractivity contribution < 1.29 is 22.3 Å². The van der Waals surface area contributed by atoms with Gasteiger partial charge in [0, 0.05) is 25.5 Å². The van der Waals surface area contributed by atoms with Crippen LogP contribution in [0.3, 0.4) is 0 Å². The molecule has 2 N–H and O–H groups in total. The predicted molar refractivity (Wildman–Crippen MR) is 85.2 cm³/mol. The molecule has 0 spiro atoms. The smallest absolute Gasteiger partial charge is 0.276 e. The van der Waals surface area contributed by atoms with E-state index in [2.05, 4.69) is 10.0 Å². The van der Waals surface area contributed by atoms with Crippen LogP contribution in [0.15, 0.2) is 29.3 Å². The van der Waals surface area contributed by atoms with Gasteiger partial charge in [0.1, 0.15) is 23.4 Å². The van der Waals surface area contributed by atoms with Crippen molar-refractivity contribution in [3.63, 3.8) is 0 Å². The molecule has 0 unspecified atom stereocenters. The van der Waals surface area contributed by atoms with Crippen LogP contribution in [0, 0.1) is 17.1 Å². The number of aromatic nitrogens is 1. The summed E-state index contributed by atoms with van der Waals surface area (Å²) < 4.78 is 46.8. The Balaban J connectivity index is 1.99. The van der Waals surface area contributed by atoms with Gasteiger partial charge in [0.15, 0.2) is 11.4 Å². The molecule has 8 nitrogen and oxygen atoms in total. The lowest BCUT2D eigenvalue weighted by Gasteiger charge is -2.09. The van der Waals surface area contributed by atoms with Gasteiger partial charge < -0.3 is 14.6 Å². The molecule has 0 saturated carbocycles. The first-order chi connectivity index (χ1) is 11.8. The van der Waals surface area contributed by atoms with Crippen molar-refractivity contribution in [2.24, 2.45) is 7.05 Å². The average molecular weight is 364 g/mol. The first kappa shape index (κ1) is 16.9. The zero-order valence-corrected chi connectivity index (χ0v) is 13.9. The summed E-state index contributed by atoms with van der Waals surface area (Å²) in [5, 5.41) is 11.4. The molecule has 1 aliphatic heterocycles. The molecule has 2 heterocycles. The Labute approximate surface area is 142 Å². The van der Waals surface area contributed by atoms with Crippen LogP contribution in [0.25, 0.3) is 0 Å². The summed E-state index contributed by atoms with van der Waals surface area (Å²) >= 11 is 0. The van der Waals surface area contributed by atoms with Crippen LogP contribution in [0.5, 0.6) is 5.75 Å². The van der Waals surface area contributed by atoms with Gasteiger partial charge in [-0.3, -0.25) is 4.79 Å². The molecule has 130 valence electrons. The van der Waals surface area contributed by atoms with Crippen LogP contribution in [0.4, 0.5) is 10.1 Å². The van der Waals surface area contributed by atoms with E-state index in [1.165, 1.54) is 29.9 Å². The predicted octanol–water partition coefficient (Wildman–Crippen LogP) is 0.959. The van der Waals surface area contributed by atoms with Gasteiger partial charge in [0.2, 0.25) is 10.0 Å². The lowest BCUT2D eigenvalue weighted by Crippen LogP contribution is -2.25. The van der Waals surface area contributed by atoms with E-state index in [9.17, 15) is 17.6 Å². The SMILES string of the molecule is Cn1cc2c(c1C(=O)Nc1ccc(F)c(C#N)c1)OCCNS2(=O)=O. The second kappa shape index (κ2) is 6.19. The minimum Gasteiger partial charge on any atom is -0.488 e. The zero-order valence-electron chi connectivity index (χ0n) is 13.0. The van der Waals surface area contributed by atoms with E-state index in [-0.39, 0.29) is 40.7 Å². The summed E-state index contributed by atoms with van der Waals surface area (Å²) in [4.78, 5) is 12.4. The van der Waals surface area contributed by atoms with Gasteiger partial charge in [-0.05, 0) is 18.2 Å². The second-order valence-corrected chi connectivity index (χ2v) is 7.02. The maximum atomic E-state index is 13.4. The Morgan fingerprint density at radius 2 is 2.24 bits per heavy atom. The molecule has 1 amide bonds. The monoisotopic (exact) mass is 364 g/mol. The molecule has 0 saturated heterocycles. The Morgan fingerprint density at radius 3 is 2.96 bits per heavy atom. The van der Waals surface area contributed by atoms with Crippen molar-refractivity contribution in [1.82, 2.24) is 9.29 Å². The van der Waals surface area contributed by atoms with E-state index >= 15 is 0 Å². The van der Waals surface area contributed by atoms with Gasteiger partial charge in [0.25, 0.3) is 5.91 Å². The summed E-state index contributed by atoms with van der Waals surface area (Å²) in [6.45, 7) is 0.164. The fourth-order valence-electron chi connectivity index (χ4n) is 2.46. The van der Waals surface area contributed by atoms with Gasteiger partial charge >= 0.3 is 0 Å². The molecule has 25 heavy (non-hydrogen) atoms. The average Bonchev–Trinajstić information content (AvgIpc) is 2.83. The fourth-order valence-corrected chi connectivity index (χ4v) is 3.66. The molecular formula is C15H13FN4O4S. The molecule has 0 bridgehead atoms. The molecule has 2 aromatic rings. The van der Waals surface area contributed by atoms with E-state index < -0.39 is 21.7 Å². The molecule has 1 aromatic carbocycles. The number of aryl methyl sites for hydroxylation is 1. The van der Waals surface area contributed by atoms with Gasteiger partial charge in [-0.1, -0.05) is 0 Å². The Hall–Kier alpha value is -2.90. The second-order valence-electron chi connectivity index (χ2n) is 5.29. The molecule has 3 rings (SSSR count). The number of hydrogen-bond acceptors (Lipinski definition) is 5. The van der Waals surface area contributed by atoms with Gasteiger partial charge in [-0.25, -0.2) is 17.5 Å². The van der Waals surface area contributed by atoms with Crippen molar-refractivity contribution >= 4 is 21.6 Å². The minimum absolute atomic E-state index is 0.00473. The summed E-state index contributed by atoms with van der Waals surface area (Å²) in [6.07, 6.45) is 1.28. The van der Waals surface area contributed by atoms with Gasteiger partial charge in [-0.15, -0.1) is 0 Å². The van der Waals surface area contributed by atoms with Crippen molar-refractivity contribution in [2.75, 3.05) is 18.5 Å². The first-order valence-electron chi connectivity index (χ1n) is 7.16. The number of nitrogens with zero attached hydrogens (tertiary/aromatic N) is 2. The van der Waals surface area contributed by atoms with Crippen molar-refractivity contribution in [3.05, 3.63) is 41.5 Å². The first-order valence-corrected chi connectivity index (χ1v) is 8.64. The number of hydrogen-bond donors (Lipinski definition) is 2. The lowest BCUT2D eigenvalue weighted by atomic mass is 10.2. The number of nitrogens with one attached hydrogen (secondary N) is 2. The number of carbonyl (C=O) groups excluding carboxylic acids is 1. The number of anilines is 1. The lowest BCUT2D eigenvalue weighted by molar-refractivity contribution is 0.101. The third-order valence-corrected chi connectivity index (χ3v) is 5.05. The highest BCUT2D eigenvalue weighted by molar-refractivity contribution is 7.89. The topological polar surface area (TPSA) is 113 Å². The minimum atomic E-state index is -3.77. The van der Waals surface area contributed by atoms with Crippen molar-refractivity contribution in [1.29, 1.82) is 5.26 Å². The van der Waals surface area contributed by atoms with Gasteiger partial charge in [-0.2, -0.15) is 5.26 Å². The highest BCUT2D eigenvalue weighted by atomic mass is 32.2. The quantitative estimate of drug-likeness (QED) is 0.824. The van der Waals surface area contributed by atoms with E-state index in [0.717, 1.165) is 6.07 Å². The van der Waals surface area contributed by atoms with Crippen LogP contribution >= 0.6 is 0 Å². The van der Waals surface area contributed by atoms with Crippen LogP contribution in [-0.4, -0.2) is 32.0 Å². The number of halogens is 1. The maximum absolute atomic E-state index is 13.4. The molecule has 0 atom stereocenters. The van der Waals surface area contributed by atoms with E-state index in [0.29, 0.717) is 0 Å². The Morgan fingerprint density at radius 1 is 1.48 bits per heavy atom. The Bertz CT molecular complexity index is 1010. The van der Waals surface area contributed by atoms with Crippen LogP contribution in [0.1, 0.15) is 16.1 Å². The van der Waals surface area contributed by atoms with E-state index in [4.69, 9.17) is 10.00 Å². The molecule has 1 aliphatic rings. The third kappa shape index (κ3) is 3.07. The largest absolute Gasteiger partial charge is 0.488 e. The van der Waals surface area contributed by atoms with Gasteiger partial charge in [0.05, 0.1) is 5.56 Å². The fraction of sp³-hybridized carbons (Fsp3) is 0.200. The number of sulfonamides is 1. The number of amides is 1. The molecule has 1 aromatic heterocycles. The number of fused-ring (bicyclic) bond motifs is 1. The van der Waals surface area contributed by atoms with Crippen LogP contribution in [-0.2, 0) is 17.1 Å². The van der Waals surface area contributed by atoms with Crippen LogP contribution in [0.2, 0.25) is 0 Å². The third-order valence-electron chi connectivity index (χ3n) is 3.59. The summed E-state index contributed by atoms with van der Waals surface area (Å²) in [5.74, 6) is -1.39. The van der Waals surface area contributed by atoms with E-state index in [1.54, 1.807) is 6.07 Å². The normalized spacial score (nSPS) is 15.4. The number of ether oxygens (including phenoxy) is 1. The van der Waals surface area contributed by atoms with E-state index in [1.807, 2.05) is 0 Å². The summed E-state index contributed by atoms with van der Waals surface area (Å²) in [7, 11) is -2.26. The highest BCUT2D eigenvalue weighted by Gasteiger charge is 2.31. The number of nitriles is 1. The molecule has 0 radical (unpaired) electrons. The number of carbonyl (C=O) groups is 1. The zero-order chi connectivity index (χ0) is 18.2. The van der Waals surface area contributed by atoms with Crippen molar-refractivity contribution in [2.45, 2.75) is 4.90 Å². The number of benzene rings is 1. The standard InChI is InChI=1S/C15H13FN4O4S/c1-20-8-12-14(24-5-4-18-25(12,22)23)13(20)15(21)19-10-2-3-11(16)9(6-10)7-17/h2-3,6,8,18H,4-5H2,1H3,(H,19,21).